The summed E-state index contributed by atoms with van der Waals surface area (Å²) in [6.07, 6.45) is 1.94. The number of hydrogen-bond acceptors (Lipinski definition) is 2. The van der Waals surface area contributed by atoms with Crippen LogP contribution in [0.25, 0.3) is 0 Å². The molecule has 1 aromatic carbocycles. The van der Waals surface area contributed by atoms with Crippen molar-refractivity contribution in [3.8, 4) is 0 Å². The fourth-order valence-electron chi connectivity index (χ4n) is 2.20. The number of aliphatic hydroxyl groups is 1. The lowest BCUT2D eigenvalue weighted by atomic mass is 10.1. The molecule has 1 N–H and O–H groups in total. The standard InChI is InChI=1S/C14H21F2NO/c1-3-12(4-2)17(7-8-18)10-11-5-6-13(15)14(16)9-11/h5-6,9,12,18H,3-4,7-8,10H2,1-2H3. The summed E-state index contributed by atoms with van der Waals surface area (Å²) in [5.41, 5.74) is 0.731. The predicted octanol–water partition coefficient (Wildman–Crippen LogP) is 2.95. The van der Waals surface area contributed by atoms with Crippen molar-refractivity contribution in [2.75, 3.05) is 13.2 Å². The summed E-state index contributed by atoms with van der Waals surface area (Å²) in [6.45, 7) is 5.32. The summed E-state index contributed by atoms with van der Waals surface area (Å²) in [5.74, 6) is -1.64. The van der Waals surface area contributed by atoms with Crippen LogP contribution in [0.2, 0.25) is 0 Å². The van der Waals surface area contributed by atoms with Gasteiger partial charge in [0.2, 0.25) is 0 Å². The van der Waals surface area contributed by atoms with Crippen LogP contribution >= 0.6 is 0 Å². The molecule has 1 aromatic rings. The Morgan fingerprint density at radius 2 is 1.83 bits per heavy atom. The van der Waals surface area contributed by atoms with Crippen LogP contribution in [0.5, 0.6) is 0 Å². The van der Waals surface area contributed by atoms with Crippen LogP contribution in [-0.4, -0.2) is 29.2 Å². The monoisotopic (exact) mass is 257 g/mol. The number of rotatable bonds is 7. The Kier molecular flexibility index (Phi) is 6.22. The summed E-state index contributed by atoms with van der Waals surface area (Å²) in [4.78, 5) is 2.10. The predicted molar refractivity (Wildman–Crippen MR) is 68.2 cm³/mol. The largest absolute Gasteiger partial charge is 0.395 e. The minimum absolute atomic E-state index is 0.0696. The van der Waals surface area contributed by atoms with Crippen LogP contribution in [0.1, 0.15) is 32.3 Å². The second-order valence-corrected chi connectivity index (χ2v) is 4.41. The van der Waals surface area contributed by atoms with Gasteiger partial charge in [0.05, 0.1) is 6.61 Å². The molecule has 0 aliphatic rings. The number of aliphatic hydroxyl groups excluding tert-OH is 1. The van der Waals surface area contributed by atoms with Crippen molar-refractivity contribution in [2.24, 2.45) is 0 Å². The molecule has 1 rings (SSSR count). The molecule has 18 heavy (non-hydrogen) atoms. The molecule has 2 nitrogen and oxygen atoms in total. The molecule has 0 fully saturated rings. The highest BCUT2D eigenvalue weighted by Crippen LogP contribution is 2.15. The molecule has 0 heterocycles. The maximum Gasteiger partial charge on any atom is 0.159 e. The number of halogens is 2. The van der Waals surface area contributed by atoms with Gasteiger partial charge < -0.3 is 5.11 Å². The minimum atomic E-state index is -0.824. The van der Waals surface area contributed by atoms with Gasteiger partial charge in [-0.25, -0.2) is 8.78 Å². The molecule has 0 unspecified atom stereocenters. The Bertz CT molecular complexity index is 367. The lowest BCUT2D eigenvalue weighted by molar-refractivity contribution is 0.136. The van der Waals surface area contributed by atoms with Crippen molar-refractivity contribution in [1.82, 2.24) is 4.90 Å². The quantitative estimate of drug-likeness (QED) is 0.811. The molecule has 0 saturated heterocycles. The van der Waals surface area contributed by atoms with E-state index < -0.39 is 11.6 Å². The summed E-state index contributed by atoms with van der Waals surface area (Å²) in [7, 11) is 0. The van der Waals surface area contributed by atoms with Crippen molar-refractivity contribution < 1.29 is 13.9 Å². The van der Waals surface area contributed by atoms with Crippen LogP contribution < -0.4 is 0 Å². The molecule has 0 spiro atoms. The van der Waals surface area contributed by atoms with E-state index in [0.29, 0.717) is 19.1 Å². The zero-order valence-corrected chi connectivity index (χ0v) is 11.0. The maximum atomic E-state index is 13.1. The van der Waals surface area contributed by atoms with E-state index in [2.05, 4.69) is 18.7 Å². The topological polar surface area (TPSA) is 23.5 Å². The first-order valence-corrected chi connectivity index (χ1v) is 6.41. The molecule has 0 atom stereocenters. The first-order valence-electron chi connectivity index (χ1n) is 6.41. The van der Waals surface area contributed by atoms with Gasteiger partial charge in [-0.3, -0.25) is 4.90 Å². The molecule has 0 bridgehead atoms. The van der Waals surface area contributed by atoms with E-state index in [1.807, 2.05) is 0 Å². The summed E-state index contributed by atoms with van der Waals surface area (Å²) in [6, 6.07) is 4.31. The van der Waals surface area contributed by atoms with Crippen LogP contribution in [0, 0.1) is 11.6 Å². The lowest BCUT2D eigenvalue weighted by Gasteiger charge is -2.29. The zero-order valence-electron chi connectivity index (χ0n) is 11.0. The van der Waals surface area contributed by atoms with E-state index in [-0.39, 0.29) is 6.61 Å². The highest BCUT2D eigenvalue weighted by atomic mass is 19.2. The van der Waals surface area contributed by atoms with E-state index in [1.165, 1.54) is 6.07 Å². The Labute approximate surface area is 107 Å². The van der Waals surface area contributed by atoms with E-state index in [1.54, 1.807) is 6.07 Å². The summed E-state index contributed by atoms with van der Waals surface area (Å²) >= 11 is 0. The molecule has 0 saturated carbocycles. The molecule has 0 aromatic heterocycles. The third kappa shape index (κ3) is 4.03. The Morgan fingerprint density at radius 3 is 2.33 bits per heavy atom. The third-order valence-electron chi connectivity index (χ3n) is 3.22. The number of hydrogen-bond donors (Lipinski definition) is 1. The highest BCUT2D eigenvalue weighted by molar-refractivity contribution is 5.17. The second kappa shape index (κ2) is 7.44. The molecule has 0 aliphatic carbocycles. The van der Waals surface area contributed by atoms with Gasteiger partial charge in [-0.1, -0.05) is 19.9 Å². The van der Waals surface area contributed by atoms with Crippen molar-refractivity contribution >= 4 is 0 Å². The molecular formula is C14H21F2NO. The Morgan fingerprint density at radius 1 is 1.17 bits per heavy atom. The first-order chi connectivity index (χ1) is 8.62. The van der Waals surface area contributed by atoms with Gasteiger partial charge in [0.25, 0.3) is 0 Å². The van der Waals surface area contributed by atoms with Crippen molar-refractivity contribution in [3.05, 3.63) is 35.4 Å². The number of nitrogens with zero attached hydrogens (tertiary/aromatic N) is 1. The lowest BCUT2D eigenvalue weighted by Crippen LogP contribution is -2.36. The van der Waals surface area contributed by atoms with Crippen LogP contribution in [-0.2, 0) is 6.54 Å². The van der Waals surface area contributed by atoms with Crippen LogP contribution in [0.3, 0.4) is 0 Å². The molecule has 0 amide bonds. The molecule has 4 heteroatoms. The summed E-state index contributed by atoms with van der Waals surface area (Å²) < 4.78 is 26.0. The van der Waals surface area contributed by atoms with E-state index >= 15 is 0 Å². The fraction of sp³-hybridized carbons (Fsp3) is 0.571. The highest BCUT2D eigenvalue weighted by Gasteiger charge is 2.15. The van der Waals surface area contributed by atoms with Gasteiger partial charge in [-0.2, -0.15) is 0 Å². The van der Waals surface area contributed by atoms with Gasteiger partial charge in [-0.15, -0.1) is 0 Å². The first kappa shape index (κ1) is 15.1. The molecule has 0 aliphatic heterocycles. The molecule has 0 radical (unpaired) electrons. The minimum Gasteiger partial charge on any atom is -0.395 e. The van der Waals surface area contributed by atoms with Gasteiger partial charge >= 0.3 is 0 Å². The fourth-order valence-corrected chi connectivity index (χ4v) is 2.20. The normalized spacial score (nSPS) is 11.5. The van der Waals surface area contributed by atoms with Crippen LogP contribution in [0.4, 0.5) is 8.78 Å². The average molecular weight is 257 g/mol. The Hall–Kier alpha value is -1.00. The third-order valence-corrected chi connectivity index (χ3v) is 3.22. The van der Waals surface area contributed by atoms with Gasteiger partial charge in [-0.05, 0) is 30.5 Å². The zero-order chi connectivity index (χ0) is 13.5. The number of benzene rings is 1. The van der Waals surface area contributed by atoms with E-state index in [0.717, 1.165) is 24.5 Å². The molecular weight excluding hydrogens is 236 g/mol. The van der Waals surface area contributed by atoms with Crippen molar-refractivity contribution in [2.45, 2.75) is 39.3 Å². The Balaban J connectivity index is 2.78. The van der Waals surface area contributed by atoms with Gasteiger partial charge in [0.15, 0.2) is 11.6 Å². The summed E-state index contributed by atoms with van der Waals surface area (Å²) in [5, 5.41) is 9.08. The van der Waals surface area contributed by atoms with Crippen molar-refractivity contribution in [1.29, 1.82) is 0 Å². The SMILES string of the molecule is CCC(CC)N(CCO)Cc1ccc(F)c(F)c1. The second-order valence-electron chi connectivity index (χ2n) is 4.41. The van der Waals surface area contributed by atoms with E-state index in [9.17, 15) is 8.78 Å². The van der Waals surface area contributed by atoms with Crippen molar-refractivity contribution in [3.63, 3.8) is 0 Å². The maximum absolute atomic E-state index is 13.1. The van der Waals surface area contributed by atoms with Crippen LogP contribution in [0.15, 0.2) is 18.2 Å². The van der Waals surface area contributed by atoms with Gasteiger partial charge in [0.1, 0.15) is 0 Å². The van der Waals surface area contributed by atoms with E-state index in [4.69, 9.17) is 5.11 Å². The smallest absolute Gasteiger partial charge is 0.159 e. The van der Waals surface area contributed by atoms with Gasteiger partial charge in [0, 0.05) is 19.1 Å². The average Bonchev–Trinajstić information content (AvgIpc) is 2.35. The molecule has 102 valence electrons.